The predicted molar refractivity (Wildman–Crippen MR) is 106 cm³/mol. The number of aliphatic hydroxyl groups excluding tert-OH is 1. The van der Waals surface area contributed by atoms with Crippen LogP contribution in [0.25, 0.3) is 0 Å². The normalized spacial score (nSPS) is 43.4. The number of cyclic esters (lactones) is 1. The molecule has 1 saturated heterocycles. The molecule has 1 N–H and O–H groups in total. The van der Waals surface area contributed by atoms with Gasteiger partial charge in [-0.1, -0.05) is 47.5 Å². The summed E-state index contributed by atoms with van der Waals surface area (Å²) in [7, 11) is 0. The first-order valence-electron chi connectivity index (χ1n) is 11.0. The summed E-state index contributed by atoms with van der Waals surface area (Å²) in [5.74, 6) is 1.57. The minimum absolute atomic E-state index is 0.101. The number of rotatable bonds is 5. The fourth-order valence-electron chi connectivity index (χ4n) is 6.13. The van der Waals surface area contributed by atoms with Crippen LogP contribution in [-0.4, -0.2) is 29.1 Å². The first-order chi connectivity index (χ1) is 12.5. The molecule has 1 heterocycles. The molecule has 0 amide bonds. The van der Waals surface area contributed by atoms with Crippen molar-refractivity contribution in [1.29, 1.82) is 0 Å². The van der Waals surface area contributed by atoms with E-state index in [4.69, 9.17) is 9.47 Å². The third-order valence-corrected chi connectivity index (χ3v) is 7.88. The summed E-state index contributed by atoms with van der Waals surface area (Å²) >= 11 is 0. The average Bonchev–Trinajstić information content (AvgIpc) is 3.06. The third kappa shape index (κ3) is 3.94. The lowest BCUT2D eigenvalue weighted by molar-refractivity contribution is -0.155. The van der Waals surface area contributed by atoms with Crippen LogP contribution in [0.4, 0.5) is 0 Å². The van der Waals surface area contributed by atoms with E-state index in [0.717, 1.165) is 32.1 Å². The molecule has 0 radical (unpaired) electrons. The summed E-state index contributed by atoms with van der Waals surface area (Å²) in [5, 5.41) is 10.4. The van der Waals surface area contributed by atoms with E-state index in [1.54, 1.807) is 0 Å². The fraction of sp³-hybridized carbons (Fsp3) is 0.957. The average molecular weight is 381 g/mol. The lowest BCUT2D eigenvalue weighted by Gasteiger charge is -2.45. The number of fused-ring (bicyclic) bond motifs is 1. The predicted octanol–water partition coefficient (Wildman–Crippen LogP) is 5.07. The Kier molecular flexibility index (Phi) is 5.73. The highest BCUT2D eigenvalue weighted by molar-refractivity contribution is 5.80. The zero-order chi connectivity index (χ0) is 20.0. The number of aliphatic hydroxyl groups is 1. The van der Waals surface area contributed by atoms with Crippen LogP contribution in [0.2, 0.25) is 0 Å². The first-order valence-corrected chi connectivity index (χ1v) is 11.0. The van der Waals surface area contributed by atoms with Crippen LogP contribution in [0.5, 0.6) is 0 Å². The highest BCUT2D eigenvalue weighted by Gasteiger charge is 2.53. The molecule has 2 saturated carbocycles. The molecule has 4 heteroatoms. The SMILES string of the molecule is C[C@H](CCC[C@@]1(C)O[C@H](C(C)(C)C)OC1=O)C1CC[C@H]2C(O)CCC[C@]12C. The van der Waals surface area contributed by atoms with Crippen molar-refractivity contribution in [1.82, 2.24) is 0 Å². The van der Waals surface area contributed by atoms with Crippen LogP contribution in [0.15, 0.2) is 0 Å². The topological polar surface area (TPSA) is 55.8 Å². The molecular weight excluding hydrogens is 340 g/mol. The molecule has 2 unspecified atom stereocenters. The summed E-state index contributed by atoms with van der Waals surface area (Å²) in [4.78, 5) is 12.4. The molecule has 7 atom stereocenters. The van der Waals surface area contributed by atoms with Crippen molar-refractivity contribution in [3.8, 4) is 0 Å². The minimum atomic E-state index is -0.805. The van der Waals surface area contributed by atoms with Crippen molar-refractivity contribution in [3.63, 3.8) is 0 Å². The third-order valence-electron chi connectivity index (χ3n) is 7.88. The lowest BCUT2D eigenvalue weighted by atomic mass is 9.61. The number of hydrogen-bond acceptors (Lipinski definition) is 4. The molecular formula is C23H40O4. The van der Waals surface area contributed by atoms with Gasteiger partial charge in [-0.25, -0.2) is 4.79 Å². The summed E-state index contributed by atoms with van der Waals surface area (Å²) < 4.78 is 11.6. The van der Waals surface area contributed by atoms with Crippen LogP contribution < -0.4 is 0 Å². The van der Waals surface area contributed by atoms with Crippen molar-refractivity contribution < 1.29 is 19.4 Å². The van der Waals surface area contributed by atoms with Crippen LogP contribution in [0.3, 0.4) is 0 Å². The van der Waals surface area contributed by atoms with Crippen molar-refractivity contribution >= 4 is 5.97 Å². The highest BCUT2D eigenvalue weighted by Crippen LogP contribution is 2.58. The van der Waals surface area contributed by atoms with E-state index in [9.17, 15) is 9.90 Å². The van der Waals surface area contributed by atoms with E-state index in [0.29, 0.717) is 23.2 Å². The maximum atomic E-state index is 12.4. The molecule has 0 spiro atoms. The van der Waals surface area contributed by atoms with E-state index >= 15 is 0 Å². The van der Waals surface area contributed by atoms with Gasteiger partial charge < -0.3 is 14.6 Å². The Bertz CT molecular complexity index is 553. The molecule has 156 valence electrons. The maximum absolute atomic E-state index is 12.4. The molecule has 1 aliphatic heterocycles. The Labute approximate surface area is 165 Å². The van der Waals surface area contributed by atoms with Gasteiger partial charge in [-0.2, -0.15) is 0 Å². The monoisotopic (exact) mass is 380 g/mol. The second kappa shape index (κ2) is 7.33. The van der Waals surface area contributed by atoms with Crippen LogP contribution >= 0.6 is 0 Å². The van der Waals surface area contributed by atoms with Crippen LogP contribution in [-0.2, 0) is 14.3 Å². The summed E-state index contributed by atoms with van der Waals surface area (Å²) in [6, 6.07) is 0. The summed E-state index contributed by atoms with van der Waals surface area (Å²) in [5.41, 5.74) is -0.710. The molecule has 3 aliphatic rings. The lowest BCUT2D eigenvalue weighted by Crippen LogP contribution is -2.41. The first kappa shape index (κ1) is 21.1. The second-order valence-corrected chi connectivity index (χ2v) is 11.1. The number of hydrogen-bond donors (Lipinski definition) is 1. The largest absolute Gasteiger partial charge is 0.433 e. The van der Waals surface area contributed by atoms with E-state index in [-0.39, 0.29) is 17.5 Å². The maximum Gasteiger partial charge on any atom is 0.340 e. The number of ether oxygens (including phenoxy) is 2. The van der Waals surface area contributed by atoms with Gasteiger partial charge in [0.05, 0.1) is 6.10 Å². The Morgan fingerprint density at radius 1 is 1.22 bits per heavy atom. The standard InChI is InChI=1S/C23H40O4/c1-15(16-11-12-17-18(24)10-8-13-22(16,17)5)9-7-14-23(6)19(25)26-20(27-23)21(2,3)4/h15-18,20,24H,7-14H2,1-6H3/t15-,16?,17+,18?,20-,22-,23-/m1/s1. The quantitative estimate of drug-likeness (QED) is 0.676. The van der Waals surface area contributed by atoms with Crippen LogP contribution in [0, 0.1) is 28.6 Å². The molecule has 3 rings (SSSR count). The van der Waals surface area contributed by atoms with Crippen LogP contribution in [0.1, 0.15) is 92.9 Å². The summed E-state index contributed by atoms with van der Waals surface area (Å²) in [6.45, 7) is 12.8. The van der Waals surface area contributed by atoms with Crippen molar-refractivity contribution in [2.45, 2.75) is 111 Å². The highest BCUT2D eigenvalue weighted by atomic mass is 16.8. The van der Waals surface area contributed by atoms with Gasteiger partial charge in [0, 0.05) is 5.41 Å². The Balaban J connectivity index is 1.54. The van der Waals surface area contributed by atoms with E-state index in [1.807, 2.05) is 27.7 Å². The number of carbonyl (C=O) groups is 1. The van der Waals surface area contributed by atoms with Crippen molar-refractivity contribution in [3.05, 3.63) is 0 Å². The van der Waals surface area contributed by atoms with Crippen molar-refractivity contribution in [2.75, 3.05) is 0 Å². The Morgan fingerprint density at radius 2 is 1.93 bits per heavy atom. The molecule has 0 aromatic carbocycles. The Hall–Kier alpha value is -0.610. The second-order valence-electron chi connectivity index (χ2n) is 11.1. The van der Waals surface area contributed by atoms with E-state index in [2.05, 4.69) is 13.8 Å². The molecule has 0 aromatic rings. The van der Waals surface area contributed by atoms with E-state index in [1.165, 1.54) is 19.3 Å². The van der Waals surface area contributed by atoms with Gasteiger partial charge in [0.1, 0.15) is 0 Å². The Morgan fingerprint density at radius 3 is 2.56 bits per heavy atom. The van der Waals surface area contributed by atoms with Crippen molar-refractivity contribution in [2.24, 2.45) is 28.6 Å². The zero-order valence-electron chi connectivity index (χ0n) is 18.2. The molecule has 0 bridgehead atoms. The molecule has 2 aliphatic carbocycles. The minimum Gasteiger partial charge on any atom is -0.433 e. The van der Waals surface area contributed by atoms with Gasteiger partial charge >= 0.3 is 5.97 Å². The van der Waals surface area contributed by atoms with Gasteiger partial charge in [-0.3, -0.25) is 0 Å². The zero-order valence-corrected chi connectivity index (χ0v) is 18.2. The van der Waals surface area contributed by atoms with Gasteiger partial charge in [0.2, 0.25) is 6.29 Å². The molecule has 4 nitrogen and oxygen atoms in total. The number of esters is 1. The van der Waals surface area contributed by atoms with Gasteiger partial charge in [0.15, 0.2) is 5.60 Å². The van der Waals surface area contributed by atoms with Gasteiger partial charge in [-0.15, -0.1) is 0 Å². The molecule has 0 aromatic heterocycles. The molecule has 27 heavy (non-hydrogen) atoms. The van der Waals surface area contributed by atoms with Gasteiger partial charge in [-0.05, 0) is 68.6 Å². The summed E-state index contributed by atoms with van der Waals surface area (Å²) in [6.07, 6.45) is 8.05. The number of carbonyl (C=O) groups excluding carboxylic acids is 1. The smallest absolute Gasteiger partial charge is 0.340 e. The molecule has 3 fully saturated rings. The van der Waals surface area contributed by atoms with Gasteiger partial charge in [0.25, 0.3) is 0 Å². The van der Waals surface area contributed by atoms with E-state index < -0.39 is 11.9 Å². The fourth-order valence-corrected chi connectivity index (χ4v) is 6.13.